The highest BCUT2D eigenvalue weighted by atomic mass is 16.4. The van der Waals surface area contributed by atoms with Crippen molar-refractivity contribution in [1.29, 1.82) is 0 Å². The molecule has 0 spiro atoms. The number of amides is 1. The number of aryl methyl sites for hydroxylation is 1. The van der Waals surface area contributed by atoms with Crippen LogP contribution in [0.1, 0.15) is 12.1 Å². The number of primary amides is 1. The lowest BCUT2D eigenvalue weighted by Gasteiger charge is -2.15. The third kappa shape index (κ3) is 3.30. The van der Waals surface area contributed by atoms with Gasteiger partial charge in [-0.25, -0.2) is 4.79 Å². The Morgan fingerprint density at radius 1 is 1.64 bits per heavy atom. The Morgan fingerprint density at radius 3 is 3.00 bits per heavy atom. The van der Waals surface area contributed by atoms with Gasteiger partial charge in [0.2, 0.25) is 0 Å². The van der Waals surface area contributed by atoms with E-state index in [1.54, 1.807) is 0 Å². The summed E-state index contributed by atoms with van der Waals surface area (Å²) in [5.41, 5.74) is 6.46. The van der Waals surface area contributed by atoms with E-state index in [0.717, 1.165) is 13.0 Å². The van der Waals surface area contributed by atoms with E-state index >= 15 is 0 Å². The van der Waals surface area contributed by atoms with Gasteiger partial charge in [-0.1, -0.05) is 0 Å². The number of hydrogen-bond donors (Lipinski definition) is 3. The zero-order valence-electron chi connectivity index (χ0n) is 7.73. The van der Waals surface area contributed by atoms with E-state index < -0.39 is 6.09 Å². The molecule has 0 radical (unpaired) electrons. The van der Waals surface area contributed by atoms with E-state index in [4.69, 9.17) is 9.90 Å². The first-order valence-corrected chi connectivity index (χ1v) is 4.36. The summed E-state index contributed by atoms with van der Waals surface area (Å²) in [7, 11) is 0. The average molecular weight is 195 g/mol. The summed E-state index contributed by atoms with van der Waals surface area (Å²) >= 11 is 0. The molecular weight excluding hydrogens is 182 g/mol. The molecule has 1 aromatic rings. The van der Waals surface area contributed by atoms with Crippen LogP contribution in [-0.4, -0.2) is 22.7 Å². The molecule has 1 amide bonds. The van der Waals surface area contributed by atoms with Gasteiger partial charge in [0.15, 0.2) is 0 Å². The maximum absolute atomic E-state index is 8.78. The normalized spacial score (nSPS) is 12.9. The second-order valence-corrected chi connectivity index (χ2v) is 2.87. The Hall–Kier alpha value is -1.78. The lowest BCUT2D eigenvalue weighted by Crippen LogP contribution is -2.12. The predicted octanol–water partition coefficient (Wildman–Crippen LogP) is 1.06. The van der Waals surface area contributed by atoms with Crippen molar-refractivity contribution in [3.8, 4) is 0 Å². The highest BCUT2D eigenvalue weighted by molar-refractivity contribution is 5.61. The molecule has 0 fully saturated rings. The lowest BCUT2D eigenvalue weighted by atomic mass is 10.1. The molecule has 2 heterocycles. The highest BCUT2D eigenvalue weighted by Crippen LogP contribution is 2.17. The second-order valence-electron chi connectivity index (χ2n) is 2.87. The molecule has 5 heteroatoms. The quantitative estimate of drug-likeness (QED) is 0.577. The number of anilines is 1. The zero-order valence-corrected chi connectivity index (χ0v) is 7.73. The fourth-order valence-electron chi connectivity index (χ4n) is 1.28. The largest absolute Gasteiger partial charge is 0.465 e. The first kappa shape index (κ1) is 10.3. The second kappa shape index (κ2) is 5.06. The monoisotopic (exact) mass is 195 g/mol. The molecule has 0 bridgehead atoms. The van der Waals surface area contributed by atoms with E-state index in [2.05, 4.69) is 22.1 Å². The number of nitrogens with zero attached hydrogens (tertiary/aromatic N) is 1. The number of aromatic nitrogens is 1. The molecule has 0 aromatic carbocycles. The molecule has 4 N–H and O–H groups in total. The molecule has 0 atom stereocenters. The molecule has 0 saturated heterocycles. The fourth-order valence-corrected chi connectivity index (χ4v) is 1.28. The summed E-state index contributed by atoms with van der Waals surface area (Å²) in [4.78, 5) is 13.0. The topological polar surface area (TPSA) is 88.2 Å². The van der Waals surface area contributed by atoms with Crippen LogP contribution in [0.2, 0.25) is 0 Å². The summed E-state index contributed by atoms with van der Waals surface area (Å²) in [5, 5.41) is 10.5. The first-order chi connectivity index (χ1) is 6.70. The first-order valence-electron chi connectivity index (χ1n) is 4.36. The summed E-state index contributed by atoms with van der Waals surface area (Å²) < 4.78 is 0. The molecular formula is C9H13N3O2. The Bertz CT molecular complexity index is 286. The molecule has 1 aliphatic rings. The smallest absolute Gasteiger partial charge is 0.402 e. The van der Waals surface area contributed by atoms with Gasteiger partial charge in [-0.15, -0.1) is 0 Å². The van der Waals surface area contributed by atoms with Crippen molar-refractivity contribution in [3.05, 3.63) is 24.0 Å². The van der Waals surface area contributed by atoms with Crippen LogP contribution >= 0.6 is 0 Å². The van der Waals surface area contributed by atoms with E-state index in [9.17, 15) is 0 Å². The lowest BCUT2D eigenvalue weighted by molar-refractivity contribution is 0.205. The van der Waals surface area contributed by atoms with Gasteiger partial charge >= 0.3 is 6.09 Å². The molecule has 14 heavy (non-hydrogen) atoms. The van der Waals surface area contributed by atoms with E-state index in [0.29, 0.717) is 0 Å². The van der Waals surface area contributed by atoms with Gasteiger partial charge in [0.05, 0.1) is 11.4 Å². The minimum Gasteiger partial charge on any atom is -0.465 e. The summed E-state index contributed by atoms with van der Waals surface area (Å²) in [5.74, 6) is 0. The number of rotatable bonds is 0. The average Bonchev–Trinajstić information content (AvgIpc) is 2.17. The summed E-state index contributed by atoms with van der Waals surface area (Å²) in [6.45, 7) is 1.10. The van der Waals surface area contributed by atoms with Crippen molar-refractivity contribution in [2.75, 3.05) is 11.9 Å². The van der Waals surface area contributed by atoms with Crippen molar-refractivity contribution >= 4 is 11.8 Å². The van der Waals surface area contributed by atoms with Crippen LogP contribution in [0.25, 0.3) is 0 Å². The molecule has 1 aliphatic heterocycles. The van der Waals surface area contributed by atoms with Crippen molar-refractivity contribution in [3.63, 3.8) is 0 Å². The van der Waals surface area contributed by atoms with Crippen molar-refractivity contribution in [1.82, 2.24) is 4.98 Å². The molecule has 76 valence electrons. The maximum Gasteiger partial charge on any atom is 0.402 e. The van der Waals surface area contributed by atoms with E-state index in [1.165, 1.54) is 17.8 Å². The number of nitrogens with one attached hydrogen (secondary N) is 1. The summed E-state index contributed by atoms with van der Waals surface area (Å²) in [6.07, 6.45) is 2.86. The zero-order chi connectivity index (χ0) is 10.4. The molecule has 0 saturated carbocycles. The van der Waals surface area contributed by atoms with Crippen molar-refractivity contribution in [2.24, 2.45) is 5.73 Å². The molecule has 0 aliphatic carbocycles. The van der Waals surface area contributed by atoms with Gasteiger partial charge < -0.3 is 16.2 Å². The van der Waals surface area contributed by atoms with Gasteiger partial charge in [0.1, 0.15) is 0 Å². The number of carbonyl (C=O) groups is 1. The Labute approximate surface area is 82.0 Å². The minimum atomic E-state index is -1.33. The number of hydrogen-bond acceptors (Lipinski definition) is 3. The maximum atomic E-state index is 8.78. The Balaban J connectivity index is 0.000000213. The third-order valence-corrected chi connectivity index (χ3v) is 1.80. The summed E-state index contributed by atoms with van der Waals surface area (Å²) in [6, 6.07) is 4.05. The fraction of sp³-hybridized carbons (Fsp3) is 0.333. The predicted molar refractivity (Wildman–Crippen MR) is 53.3 cm³/mol. The SMILES string of the molecule is NC(=O)O.c1cnc2c(c1)NCCC2. The highest BCUT2D eigenvalue weighted by Gasteiger charge is 2.06. The van der Waals surface area contributed by atoms with Gasteiger partial charge in [-0.05, 0) is 25.0 Å². The Kier molecular flexibility index (Phi) is 3.72. The van der Waals surface area contributed by atoms with Gasteiger partial charge in [-0.2, -0.15) is 0 Å². The van der Waals surface area contributed by atoms with Crippen LogP contribution in [-0.2, 0) is 6.42 Å². The molecule has 1 aromatic heterocycles. The van der Waals surface area contributed by atoms with Crippen LogP contribution in [0.4, 0.5) is 10.5 Å². The van der Waals surface area contributed by atoms with E-state index in [-0.39, 0.29) is 0 Å². The van der Waals surface area contributed by atoms with Crippen LogP contribution in [0.3, 0.4) is 0 Å². The van der Waals surface area contributed by atoms with E-state index in [1.807, 2.05) is 12.3 Å². The molecule has 5 nitrogen and oxygen atoms in total. The standard InChI is InChI=1S/C8H10N2.CH3NO2/c1-3-7-8(9-5-1)4-2-6-10-7;2-1(3)4/h1,3,5,10H,2,4,6H2;2H2,(H,3,4). The third-order valence-electron chi connectivity index (χ3n) is 1.80. The Morgan fingerprint density at radius 2 is 2.36 bits per heavy atom. The molecule has 0 unspecified atom stereocenters. The van der Waals surface area contributed by atoms with Crippen LogP contribution in [0, 0.1) is 0 Å². The number of pyridine rings is 1. The van der Waals surface area contributed by atoms with Crippen molar-refractivity contribution < 1.29 is 9.90 Å². The van der Waals surface area contributed by atoms with Gasteiger partial charge in [-0.3, -0.25) is 4.98 Å². The van der Waals surface area contributed by atoms with Crippen LogP contribution in [0.15, 0.2) is 18.3 Å². The molecule has 2 rings (SSSR count). The number of carboxylic acid groups (broad SMARTS) is 1. The van der Waals surface area contributed by atoms with Crippen molar-refractivity contribution in [2.45, 2.75) is 12.8 Å². The number of fused-ring (bicyclic) bond motifs is 1. The minimum absolute atomic E-state index is 1.10. The van der Waals surface area contributed by atoms with Gasteiger partial charge in [0, 0.05) is 12.7 Å². The van der Waals surface area contributed by atoms with Gasteiger partial charge in [0.25, 0.3) is 0 Å². The van der Waals surface area contributed by atoms with Crippen LogP contribution in [0.5, 0.6) is 0 Å². The van der Waals surface area contributed by atoms with Crippen LogP contribution < -0.4 is 11.1 Å². The number of nitrogens with two attached hydrogens (primary N) is 1.